The molecule has 8 heteroatoms. The third-order valence-corrected chi connectivity index (χ3v) is 6.86. The monoisotopic (exact) mass is 612 g/mol. The van der Waals surface area contributed by atoms with Crippen LogP contribution in [-0.4, -0.2) is 48.0 Å². The van der Waals surface area contributed by atoms with Crippen molar-refractivity contribution in [3.05, 3.63) is 84.4 Å². The molecule has 1 amide bonds. The van der Waals surface area contributed by atoms with Gasteiger partial charge in [-0.2, -0.15) is 0 Å². The number of halogens is 2. The first-order valence-corrected chi connectivity index (χ1v) is 15.6. The van der Waals surface area contributed by atoms with E-state index >= 15 is 0 Å². The zero-order chi connectivity index (χ0) is 33.4. The summed E-state index contributed by atoms with van der Waals surface area (Å²) in [5.41, 5.74) is 8.70. The number of primary amides is 1. The van der Waals surface area contributed by atoms with Crippen LogP contribution in [0.15, 0.2) is 73.1 Å². The fraction of sp³-hybridized carbons (Fsp3) is 0.500. The van der Waals surface area contributed by atoms with E-state index in [9.17, 15) is 13.6 Å². The van der Waals surface area contributed by atoms with Crippen molar-refractivity contribution in [2.45, 2.75) is 85.0 Å². The van der Waals surface area contributed by atoms with Gasteiger partial charge in [-0.25, -0.2) is 13.8 Å². The largest absolute Gasteiger partial charge is 0.471 e. The summed E-state index contributed by atoms with van der Waals surface area (Å²) in [6.07, 6.45) is 29.4. The number of terminal acetylenes is 1. The molecule has 1 aliphatic carbocycles. The second-order valence-corrected chi connectivity index (χ2v) is 10.2. The number of alkyl halides is 2. The Bertz CT molecular complexity index is 1100. The lowest BCUT2D eigenvalue weighted by Crippen LogP contribution is -2.26. The number of nitrogens with zero attached hydrogens (tertiary/aromatic N) is 2. The molecule has 3 heterocycles. The minimum Gasteiger partial charge on any atom is -0.471 e. The summed E-state index contributed by atoms with van der Waals surface area (Å²) in [4.78, 5) is 17.8. The van der Waals surface area contributed by atoms with E-state index in [1.54, 1.807) is 24.4 Å². The molecule has 0 aromatic carbocycles. The maximum Gasteiger partial charge on any atom is 0.278 e. The van der Waals surface area contributed by atoms with Gasteiger partial charge in [0.25, 0.3) is 11.8 Å². The number of carbonyl (C=O) groups is 1. The van der Waals surface area contributed by atoms with Gasteiger partial charge in [0.2, 0.25) is 5.88 Å². The third kappa shape index (κ3) is 16.2. The van der Waals surface area contributed by atoms with Crippen molar-refractivity contribution in [3.8, 4) is 18.7 Å². The van der Waals surface area contributed by atoms with E-state index in [1.165, 1.54) is 37.7 Å². The lowest BCUT2D eigenvalue weighted by molar-refractivity contribution is -0.114. The molecule has 4 rings (SSSR count). The number of hydrogen-bond donors (Lipinski definition) is 2. The van der Waals surface area contributed by atoms with Crippen molar-refractivity contribution in [3.63, 3.8) is 0 Å². The van der Waals surface area contributed by atoms with E-state index in [0.717, 1.165) is 63.1 Å². The summed E-state index contributed by atoms with van der Waals surface area (Å²) in [5, 5.41) is 2.96. The van der Waals surface area contributed by atoms with Crippen LogP contribution in [0.3, 0.4) is 0 Å². The minimum absolute atomic E-state index is 0.302. The topological polar surface area (TPSA) is 80.5 Å². The van der Waals surface area contributed by atoms with E-state index in [4.69, 9.17) is 10.5 Å². The molecule has 0 spiro atoms. The molecule has 0 atom stereocenters. The number of ether oxygens (including phenoxy) is 1. The Morgan fingerprint density at radius 2 is 1.84 bits per heavy atom. The Kier molecular flexibility index (Phi) is 21.7. The summed E-state index contributed by atoms with van der Waals surface area (Å²) in [5.74, 6) is -2.16. The second-order valence-electron chi connectivity index (χ2n) is 10.2. The number of allylic oxidation sites excluding steroid dienone is 4. The van der Waals surface area contributed by atoms with Crippen molar-refractivity contribution in [1.82, 2.24) is 15.2 Å². The SMILES string of the molecule is C#C.C=C.CC.CC(F)(F)COc1ccc2c(n1)CCN(C/C=C\C1CCCCC1)CC2.CC/C=C1\NC=CC=C1C(N)=O. The molecule has 3 N–H and O–H groups in total. The maximum atomic E-state index is 13.0. The summed E-state index contributed by atoms with van der Waals surface area (Å²) in [6.45, 7) is 15.2. The van der Waals surface area contributed by atoms with E-state index < -0.39 is 18.4 Å². The third-order valence-electron chi connectivity index (χ3n) is 6.86. The van der Waals surface area contributed by atoms with Crippen molar-refractivity contribution < 1.29 is 18.3 Å². The van der Waals surface area contributed by atoms with Gasteiger partial charge in [-0.1, -0.05) is 64.3 Å². The lowest BCUT2D eigenvalue weighted by atomic mass is 9.89. The average Bonchev–Trinajstić information content (AvgIpc) is 3.26. The van der Waals surface area contributed by atoms with Crippen LogP contribution in [0, 0.1) is 18.8 Å². The normalized spacial score (nSPS) is 17.3. The number of rotatable bonds is 8. The van der Waals surface area contributed by atoms with Crippen molar-refractivity contribution in [2.75, 3.05) is 26.2 Å². The molecule has 1 aromatic rings. The molecule has 0 bridgehead atoms. The number of fused-ring (bicyclic) bond motifs is 1. The molecule has 1 fully saturated rings. The highest BCUT2D eigenvalue weighted by molar-refractivity contribution is 5.97. The zero-order valence-corrected chi connectivity index (χ0v) is 27.3. The van der Waals surface area contributed by atoms with E-state index in [-0.39, 0.29) is 0 Å². The fourth-order valence-corrected chi connectivity index (χ4v) is 4.84. The van der Waals surface area contributed by atoms with E-state index in [0.29, 0.717) is 11.5 Å². The number of nitrogens with one attached hydrogen (secondary N) is 1. The van der Waals surface area contributed by atoms with Crippen LogP contribution in [0.4, 0.5) is 8.78 Å². The van der Waals surface area contributed by atoms with Crippen LogP contribution in [0.1, 0.15) is 77.5 Å². The van der Waals surface area contributed by atoms with Crippen molar-refractivity contribution in [2.24, 2.45) is 11.7 Å². The molecular formula is C36H54F2N4O2. The first-order valence-electron chi connectivity index (χ1n) is 15.6. The van der Waals surface area contributed by atoms with Crippen LogP contribution >= 0.6 is 0 Å². The molecule has 44 heavy (non-hydrogen) atoms. The Hall–Kier alpha value is -3.70. The molecule has 2 aliphatic heterocycles. The van der Waals surface area contributed by atoms with Crippen LogP contribution in [0.25, 0.3) is 0 Å². The first-order chi connectivity index (χ1) is 21.2. The van der Waals surface area contributed by atoms with E-state index in [1.807, 2.05) is 32.9 Å². The lowest BCUT2D eigenvalue weighted by Gasteiger charge is -2.20. The second kappa shape index (κ2) is 23.7. The number of amides is 1. The standard InChI is InChI=1S/C21H30F2N2O.C9H12N2O.C2H6.C2H4.C2H2/c1-21(22,23)16-26-20-10-9-18-11-14-25(15-12-19(18)24-20)13-5-8-17-6-3-2-4-7-17;1-2-4-8-7(9(10)12)5-3-6-11-8;3*1-2/h5,8-10,17H,2-4,6-7,11-16H2,1H3;3-6,11H,2H2,1H3,(H2,10,12);1-2H3;1-2H2;1-2H/b8-5-;8-4-;;;. The summed E-state index contributed by atoms with van der Waals surface area (Å²) < 4.78 is 31.1. The maximum absolute atomic E-state index is 13.0. The van der Waals surface area contributed by atoms with E-state index in [2.05, 4.69) is 53.4 Å². The van der Waals surface area contributed by atoms with Crippen molar-refractivity contribution >= 4 is 5.91 Å². The molecule has 1 saturated carbocycles. The van der Waals surface area contributed by atoms with Crippen LogP contribution in [-0.2, 0) is 17.6 Å². The van der Waals surface area contributed by atoms with Gasteiger partial charge in [0.1, 0.15) is 0 Å². The summed E-state index contributed by atoms with van der Waals surface area (Å²) >= 11 is 0. The van der Waals surface area contributed by atoms with Crippen LogP contribution < -0.4 is 15.8 Å². The number of pyridine rings is 1. The number of dihydropyridines is 1. The number of aromatic nitrogens is 1. The van der Waals surface area contributed by atoms with Gasteiger partial charge in [-0.05, 0) is 49.3 Å². The summed E-state index contributed by atoms with van der Waals surface area (Å²) in [6, 6.07) is 3.69. The smallest absolute Gasteiger partial charge is 0.278 e. The minimum atomic E-state index is -2.84. The fourth-order valence-electron chi connectivity index (χ4n) is 4.84. The highest BCUT2D eigenvalue weighted by atomic mass is 19.3. The molecule has 6 nitrogen and oxygen atoms in total. The Labute approximate surface area is 265 Å². The predicted molar refractivity (Wildman–Crippen MR) is 180 cm³/mol. The highest BCUT2D eigenvalue weighted by Gasteiger charge is 2.23. The van der Waals surface area contributed by atoms with Gasteiger partial charge >= 0.3 is 0 Å². The quantitative estimate of drug-likeness (QED) is 0.234. The molecule has 3 aliphatic rings. The summed E-state index contributed by atoms with van der Waals surface area (Å²) in [7, 11) is 0. The molecule has 244 valence electrons. The Balaban J connectivity index is 0.000000861. The van der Waals surface area contributed by atoms with Gasteiger partial charge in [-0.15, -0.1) is 26.0 Å². The number of hydrogen-bond acceptors (Lipinski definition) is 5. The van der Waals surface area contributed by atoms with Gasteiger partial charge in [0, 0.05) is 56.6 Å². The number of nitrogens with two attached hydrogens (primary N) is 1. The molecule has 1 aromatic heterocycles. The van der Waals surface area contributed by atoms with Gasteiger partial charge in [-0.3, -0.25) is 9.69 Å². The average molecular weight is 613 g/mol. The Morgan fingerprint density at radius 3 is 2.45 bits per heavy atom. The molecule has 0 unspecified atom stereocenters. The van der Waals surface area contributed by atoms with Gasteiger partial charge in [0.15, 0.2) is 6.61 Å². The molecule has 0 saturated heterocycles. The predicted octanol–water partition coefficient (Wildman–Crippen LogP) is 7.54. The van der Waals surface area contributed by atoms with Crippen molar-refractivity contribution in [1.29, 1.82) is 0 Å². The van der Waals surface area contributed by atoms with Gasteiger partial charge in [0.05, 0.1) is 5.57 Å². The van der Waals surface area contributed by atoms with Gasteiger partial charge < -0.3 is 15.8 Å². The molecule has 0 radical (unpaired) electrons. The zero-order valence-electron chi connectivity index (χ0n) is 27.3. The van der Waals surface area contributed by atoms with Crippen LogP contribution in [0.5, 0.6) is 5.88 Å². The van der Waals surface area contributed by atoms with Crippen LogP contribution in [0.2, 0.25) is 0 Å². The molecular weight excluding hydrogens is 558 g/mol. The number of carbonyl (C=O) groups excluding carboxylic acids is 1. The first kappa shape index (κ1) is 40.3. The Morgan fingerprint density at radius 1 is 1.18 bits per heavy atom. The highest BCUT2D eigenvalue weighted by Crippen LogP contribution is 2.25.